The first kappa shape index (κ1) is 15.5. The summed E-state index contributed by atoms with van der Waals surface area (Å²) >= 11 is 0. The first-order valence-corrected chi connectivity index (χ1v) is 7.92. The molecule has 0 aromatic heterocycles. The molecule has 1 unspecified atom stereocenters. The van der Waals surface area contributed by atoms with Crippen LogP contribution in [0.2, 0.25) is 0 Å². The van der Waals surface area contributed by atoms with Gasteiger partial charge in [-0.1, -0.05) is 23.8 Å². The molecule has 1 aromatic rings. The number of rotatable bonds is 3. The van der Waals surface area contributed by atoms with E-state index in [-0.39, 0.29) is 0 Å². The molecule has 2 heteroatoms. The molecular formula is C18H29NO. The van der Waals surface area contributed by atoms with Crippen LogP contribution < -0.4 is 0 Å². The van der Waals surface area contributed by atoms with Crippen LogP contribution >= 0.6 is 0 Å². The van der Waals surface area contributed by atoms with Crippen molar-refractivity contribution in [2.75, 3.05) is 13.1 Å². The molecule has 1 aliphatic rings. The molecule has 1 heterocycles. The molecule has 0 spiro atoms. The Morgan fingerprint density at radius 1 is 1.20 bits per heavy atom. The number of nitrogens with zero attached hydrogens (tertiary/aromatic N) is 1. The largest absolute Gasteiger partial charge is 0.389 e. The van der Waals surface area contributed by atoms with Gasteiger partial charge in [-0.15, -0.1) is 0 Å². The third kappa shape index (κ3) is 3.83. The highest BCUT2D eigenvalue weighted by atomic mass is 16.3. The maximum Gasteiger partial charge on any atom is 0.0700 e. The molecular weight excluding hydrogens is 246 g/mol. The lowest BCUT2D eigenvalue weighted by atomic mass is 9.86. The quantitative estimate of drug-likeness (QED) is 0.913. The Balaban J connectivity index is 2.09. The van der Waals surface area contributed by atoms with Crippen molar-refractivity contribution in [1.82, 2.24) is 4.90 Å². The van der Waals surface area contributed by atoms with E-state index >= 15 is 0 Å². The molecule has 20 heavy (non-hydrogen) atoms. The maximum atomic E-state index is 11.0. The van der Waals surface area contributed by atoms with E-state index in [0.29, 0.717) is 6.04 Å². The van der Waals surface area contributed by atoms with Crippen LogP contribution in [-0.4, -0.2) is 34.7 Å². The fourth-order valence-electron chi connectivity index (χ4n) is 3.24. The SMILES string of the molecule is Cc1ccc(C)c(CC2(O)CCCN(C(C)C)CC2)c1. The predicted molar refractivity (Wildman–Crippen MR) is 85.1 cm³/mol. The predicted octanol–water partition coefficient (Wildman–Crippen LogP) is 3.47. The van der Waals surface area contributed by atoms with Gasteiger partial charge in [-0.2, -0.15) is 0 Å². The van der Waals surface area contributed by atoms with Crippen LogP contribution in [0.1, 0.15) is 49.8 Å². The molecule has 0 amide bonds. The number of aryl methyl sites for hydroxylation is 2. The zero-order chi connectivity index (χ0) is 14.8. The third-order valence-electron chi connectivity index (χ3n) is 4.71. The van der Waals surface area contributed by atoms with Gasteiger partial charge in [-0.25, -0.2) is 0 Å². The van der Waals surface area contributed by atoms with Crippen LogP contribution in [0.3, 0.4) is 0 Å². The smallest absolute Gasteiger partial charge is 0.0700 e. The number of aliphatic hydroxyl groups is 1. The summed E-state index contributed by atoms with van der Waals surface area (Å²) in [6, 6.07) is 7.14. The molecule has 112 valence electrons. The first-order chi connectivity index (χ1) is 9.39. The lowest BCUT2D eigenvalue weighted by molar-refractivity contribution is 0.0247. The number of likely N-dealkylation sites (tertiary alicyclic amines) is 1. The Morgan fingerprint density at radius 3 is 2.65 bits per heavy atom. The minimum absolute atomic E-state index is 0.526. The van der Waals surface area contributed by atoms with Crippen LogP contribution in [0.15, 0.2) is 18.2 Å². The van der Waals surface area contributed by atoms with Crippen molar-refractivity contribution in [3.05, 3.63) is 34.9 Å². The van der Waals surface area contributed by atoms with Gasteiger partial charge in [-0.3, -0.25) is 0 Å². The molecule has 0 saturated carbocycles. The van der Waals surface area contributed by atoms with Crippen molar-refractivity contribution >= 4 is 0 Å². The topological polar surface area (TPSA) is 23.5 Å². The molecule has 2 rings (SSSR count). The molecule has 0 radical (unpaired) electrons. The lowest BCUT2D eigenvalue weighted by Gasteiger charge is -2.29. The van der Waals surface area contributed by atoms with Crippen molar-refractivity contribution in [3.63, 3.8) is 0 Å². The van der Waals surface area contributed by atoms with E-state index < -0.39 is 5.60 Å². The number of hydrogen-bond donors (Lipinski definition) is 1. The van der Waals surface area contributed by atoms with Gasteiger partial charge in [0, 0.05) is 19.0 Å². The van der Waals surface area contributed by atoms with Crippen molar-refractivity contribution < 1.29 is 5.11 Å². The fourth-order valence-corrected chi connectivity index (χ4v) is 3.24. The first-order valence-electron chi connectivity index (χ1n) is 7.92. The number of benzene rings is 1. The molecule has 1 N–H and O–H groups in total. The van der Waals surface area contributed by atoms with Gasteiger partial charge in [-0.05, 0) is 64.6 Å². The minimum atomic E-state index is -0.526. The van der Waals surface area contributed by atoms with Gasteiger partial charge in [0.05, 0.1) is 5.60 Å². The second-order valence-corrected chi connectivity index (χ2v) is 6.81. The van der Waals surface area contributed by atoms with Gasteiger partial charge < -0.3 is 10.0 Å². The summed E-state index contributed by atoms with van der Waals surface area (Å²) in [4.78, 5) is 2.49. The highest BCUT2D eigenvalue weighted by molar-refractivity contribution is 5.31. The fraction of sp³-hybridized carbons (Fsp3) is 0.667. The molecule has 0 bridgehead atoms. The Kier molecular flexibility index (Phi) is 4.87. The Labute approximate surface area is 123 Å². The van der Waals surface area contributed by atoms with Gasteiger partial charge >= 0.3 is 0 Å². The average Bonchev–Trinajstić information content (AvgIpc) is 2.56. The summed E-state index contributed by atoms with van der Waals surface area (Å²) < 4.78 is 0. The summed E-state index contributed by atoms with van der Waals surface area (Å²) in [6.07, 6.45) is 3.70. The average molecular weight is 275 g/mol. The van der Waals surface area contributed by atoms with Crippen molar-refractivity contribution in [3.8, 4) is 0 Å². The molecule has 1 saturated heterocycles. The second kappa shape index (κ2) is 6.28. The second-order valence-electron chi connectivity index (χ2n) is 6.81. The van der Waals surface area contributed by atoms with Crippen molar-refractivity contribution in [2.24, 2.45) is 0 Å². The van der Waals surface area contributed by atoms with Gasteiger partial charge in [0.25, 0.3) is 0 Å². The third-order valence-corrected chi connectivity index (χ3v) is 4.71. The van der Waals surface area contributed by atoms with Gasteiger partial charge in [0.15, 0.2) is 0 Å². The summed E-state index contributed by atoms with van der Waals surface area (Å²) in [7, 11) is 0. The molecule has 1 aliphatic heterocycles. The maximum absolute atomic E-state index is 11.0. The summed E-state index contributed by atoms with van der Waals surface area (Å²) in [6.45, 7) is 10.9. The van der Waals surface area contributed by atoms with Gasteiger partial charge in [0.2, 0.25) is 0 Å². The highest BCUT2D eigenvalue weighted by Gasteiger charge is 2.31. The molecule has 1 aromatic carbocycles. The van der Waals surface area contributed by atoms with Crippen LogP contribution in [-0.2, 0) is 6.42 Å². The standard InChI is InChI=1S/C18H29NO/c1-14(2)19-10-5-8-18(20,9-11-19)13-17-12-15(3)6-7-16(17)4/h6-7,12,14,20H,5,8-11,13H2,1-4H3. The molecule has 2 nitrogen and oxygen atoms in total. The minimum Gasteiger partial charge on any atom is -0.389 e. The van der Waals surface area contributed by atoms with Crippen LogP contribution in [0.25, 0.3) is 0 Å². The van der Waals surface area contributed by atoms with Crippen LogP contribution in [0.5, 0.6) is 0 Å². The summed E-state index contributed by atoms with van der Waals surface area (Å²) in [5, 5.41) is 11.0. The summed E-state index contributed by atoms with van der Waals surface area (Å²) in [5.74, 6) is 0. The lowest BCUT2D eigenvalue weighted by Crippen LogP contribution is -2.35. The van der Waals surface area contributed by atoms with Crippen molar-refractivity contribution in [1.29, 1.82) is 0 Å². The molecule has 1 atom stereocenters. The van der Waals surface area contributed by atoms with E-state index in [1.165, 1.54) is 16.7 Å². The highest BCUT2D eigenvalue weighted by Crippen LogP contribution is 2.28. The molecule has 1 fully saturated rings. The Bertz CT molecular complexity index is 455. The van der Waals surface area contributed by atoms with Gasteiger partial charge in [0.1, 0.15) is 0 Å². The van der Waals surface area contributed by atoms with E-state index in [0.717, 1.165) is 38.8 Å². The van der Waals surface area contributed by atoms with E-state index in [2.05, 4.69) is 50.8 Å². The number of hydrogen-bond acceptors (Lipinski definition) is 2. The Morgan fingerprint density at radius 2 is 1.95 bits per heavy atom. The van der Waals surface area contributed by atoms with E-state index in [1.807, 2.05) is 0 Å². The van der Waals surface area contributed by atoms with Crippen molar-refractivity contribution in [2.45, 2.75) is 65.0 Å². The normalized spacial score (nSPS) is 24.9. The van der Waals surface area contributed by atoms with Crippen LogP contribution in [0, 0.1) is 13.8 Å². The Hall–Kier alpha value is -0.860. The van der Waals surface area contributed by atoms with E-state index in [1.54, 1.807) is 0 Å². The monoisotopic (exact) mass is 275 g/mol. The molecule has 0 aliphatic carbocycles. The van der Waals surface area contributed by atoms with Crippen LogP contribution in [0.4, 0.5) is 0 Å². The van der Waals surface area contributed by atoms with E-state index in [9.17, 15) is 5.11 Å². The van der Waals surface area contributed by atoms with E-state index in [4.69, 9.17) is 0 Å². The zero-order valence-electron chi connectivity index (χ0n) is 13.4. The zero-order valence-corrected chi connectivity index (χ0v) is 13.4. The summed E-state index contributed by atoms with van der Waals surface area (Å²) in [5.41, 5.74) is 3.37.